The SMILES string of the molecule is C[C@]12CC[C@H]3[C@@H](CCC4=CC(=O)CC[C@@]43C)[C@@H]1CC[C@@H]2O.O=C([O-])Cl. The van der Waals surface area contributed by atoms with Crippen molar-refractivity contribution in [3.63, 3.8) is 0 Å². The van der Waals surface area contributed by atoms with Gasteiger partial charge in [-0.3, -0.25) is 4.79 Å². The minimum atomic E-state index is -1.61. The van der Waals surface area contributed by atoms with Crippen LogP contribution in [0.1, 0.15) is 65.2 Å². The largest absolute Gasteiger partial charge is 0.534 e. The van der Waals surface area contributed by atoms with E-state index in [0.717, 1.165) is 37.5 Å². The highest BCUT2D eigenvalue weighted by molar-refractivity contribution is 6.59. The van der Waals surface area contributed by atoms with E-state index in [-0.39, 0.29) is 16.9 Å². The van der Waals surface area contributed by atoms with Gasteiger partial charge in [0.15, 0.2) is 5.78 Å². The van der Waals surface area contributed by atoms with Crippen LogP contribution in [-0.4, -0.2) is 22.4 Å². The summed E-state index contributed by atoms with van der Waals surface area (Å²) in [6.07, 6.45) is 10.7. The lowest BCUT2D eigenvalue weighted by atomic mass is 9.47. The van der Waals surface area contributed by atoms with Crippen LogP contribution in [0, 0.1) is 28.6 Å². The smallest absolute Gasteiger partial charge is 0.155 e. The molecule has 0 aromatic rings. The Balaban J connectivity index is 0.000000415. The summed E-state index contributed by atoms with van der Waals surface area (Å²) in [6, 6.07) is 0. The van der Waals surface area contributed by atoms with Gasteiger partial charge in [0.25, 0.3) is 0 Å². The molecule has 1 N–H and O–H groups in total. The molecule has 0 spiro atoms. The molecule has 0 aliphatic heterocycles. The average molecular weight is 368 g/mol. The number of ketones is 1. The number of carbonyl (C=O) groups is 2. The summed E-state index contributed by atoms with van der Waals surface area (Å²) in [5.74, 6) is 2.57. The first-order valence-corrected chi connectivity index (χ1v) is 9.84. The molecule has 4 rings (SSSR count). The third-order valence-corrected chi connectivity index (χ3v) is 7.91. The highest BCUT2D eigenvalue weighted by Gasteiger charge is 2.58. The Kier molecular flexibility index (Phi) is 5.06. The standard InChI is InChI=1S/C19H28O2.CHClO2/c1-18-9-7-13(20)11-12(18)3-4-14-15-5-6-17(21)19(15,2)10-8-16(14)18;2-1(3)4/h11,14-17,21H,3-10H2,1-2H3;(H,3,4)/p-1/t14-,15-,16-,17-,18-,19-;/m0./s1. The van der Waals surface area contributed by atoms with Crippen molar-refractivity contribution in [2.45, 2.75) is 71.3 Å². The van der Waals surface area contributed by atoms with Crippen molar-refractivity contribution in [2.24, 2.45) is 28.6 Å². The first-order valence-electron chi connectivity index (χ1n) is 9.47. The topological polar surface area (TPSA) is 77.4 Å². The molecule has 4 nitrogen and oxygen atoms in total. The van der Waals surface area contributed by atoms with Crippen molar-refractivity contribution in [1.82, 2.24) is 0 Å². The Labute approximate surface area is 154 Å². The zero-order valence-corrected chi connectivity index (χ0v) is 15.8. The number of rotatable bonds is 0. The number of hydrogen-bond donors (Lipinski definition) is 1. The van der Waals surface area contributed by atoms with Gasteiger partial charge in [-0.2, -0.15) is 0 Å². The van der Waals surface area contributed by atoms with E-state index in [1.165, 1.54) is 31.3 Å². The van der Waals surface area contributed by atoms with Gasteiger partial charge in [0.05, 0.1) is 6.10 Å². The highest BCUT2D eigenvalue weighted by Crippen LogP contribution is 2.65. The van der Waals surface area contributed by atoms with Gasteiger partial charge in [-0.1, -0.05) is 31.0 Å². The van der Waals surface area contributed by atoms with E-state index in [2.05, 4.69) is 25.4 Å². The monoisotopic (exact) mass is 367 g/mol. The lowest BCUT2D eigenvalue weighted by Gasteiger charge is -2.57. The van der Waals surface area contributed by atoms with Crippen LogP contribution in [0.25, 0.3) is 0 Å². The normalized spacial score (nSPS) is 45.3. The van der Waals surface area contributed by atoms with Crippen molar-refractivity contribution in [1.29, 1.82) is 0 Å². The van der Waals surface area contributed by atoms with Gasteiger partial charge in [0.1, 0.15) is 5.43 Å². The van der Waals surface area contributed by atoms with Crippen LogP contribution < -0.4 is 5.11 Å². The number of aliphatic hydroxyl groups is 1. The summed E-state index contributed by atoms with van der Waals surface area (Å²) in [4.78, 5) is 20.4. The first-order chi connectivity index (χ1) is 11.7. The molecule has 0 aromatic carbocycles. The highest BCUT2D eigenvalue weighted by atomic mass is 35.5. The minimum absolute atomic E-state index is 0.0823. The number of fused-ring (bicyclic) bond motifs is 5. The fraction of sp³-hybridized carbons (Fsp3) is 0.800. The molecular formula is C20H28ClO4-. The summed E-state index contributed by atoms with van der Waals surface area (Å²) < 4.78 is 0. The summed E-state index contributed by atoms with van der Waals surface area (Å²) in [7, 11) is 0. The molecule has 0 radical (unpaired) electrons. The fourth-order valence-corrected chi connectivity index (χ4v) is 6.53. The molecule has 6 atom stereocenters. The molecule has 0 heterocycles. The number of aliphatic hydroxyl groups excluding tert-OH is 1. The molecule has 4 aliphatic rings. The lowest BCUT2D eigenvalue weighted by molar-refractivity contribution is -0.233. The molecule has 4 aliphatic carbocycles. The van der Waals surface area contributed by atoms with Gasteiger partial charge in [0, 0.05) is 6.42 Å². The van der Waals surface area contributed by atoms with Crippen LogP contribution in [0.3, 0.4) is 0 Å². The second-order valence-electron chi connectivity index (χ2n) is 8.84. The molecule has 25 heavy (non-hydrogen) atoms. The van der Waals surface area contributed by atoms with Gasteiger partial charge >= 0.3 is 0 Å². The lowest BCUT2D eigenvalue weighted by Crippen LogP contribution is -2.51. The van der Waals surface area contributed by atoms with E-state index < -0.39 is 5.43 Å². The summed E-state index contributed by atoms with van der Waals surface area (Å²) in [6.45, 7) is 4.76. The Hall–Kier alpha value is -0.870. The zero-order valence-electron chi connectivity index (χ0n) is 15.1. The average Bonchev–Trinajstić information content (AvgIpc) is 2.83. The van der Waals surface area contributed by atoms with Crippen molar-refractivity contribution < 1.29 is 19.8 Å². The molecule has 0 aromatic heterocycles. The van der Waals surface area contributed by atoms with Crippen LogP contribution in [0.2, 0.25) is 0 Å². The molecule has 3 fully saturated rings. The van der Waals surface area contributed by atoms with Crippen LogP contribution in [0.4, 0.5) is 4.79 Å². The van der Waals surface area contributed by atoms with Gasteiger partial charge in [-0.25, -0.2) is 0 Å². The number of carbonyl (C=O) groups excluding carboxylic acids is 2. The molecule has 0 amide bonds. The number of allylic oxidation sites excluding steroid dienone is 1. The van der Waals surface area contributed by atoms with Crippen LogP contribution in [-0.2, 0) is 4.79 Å². The third-order valence-electron chi connectivity index (χ3n) is 7.91. The number of hydrogen-bond acceptors (Lipinski definition) is 4. The van der Waals surface area contributed by atoms with E-state index in [1.807, 2.05) is 6.08 Å². The minimum Gasteiger partial charge on any atom is -0.534 e. The van der Waals surface area contributed by atoms with Crippen LogP contribution >= 0.6 is 11.6 Å². The second-order valence-corrected chi connectivity index (χ2v) is 9.15. The van der Waals surface area contributed by atoms with E-state index in [0.29, 0.717) is 11.7 Å². The van der Waals surface area contributed by atoms with Gasteiger partial charge in [-0.15, -0.1) is 0 Å². The Morgan fingerprint density at radius 2 is 1.84 bits per heavy atom. The number of halogens is 1. The Morgan fingerprint density at radius 3 is 2.52 bits per heavy atom. The first kappa shape index (κ1) is 18.9. The van der Waals surface area contributed by atoms with Crippen LogP contribution in [0.5, 0.6) is 0 Å². The maximum absolute atomic E-state index is 11.8. The quantitative estimate of drug-likeness (QED) is 0.665. The Bertz CT molecular complexity index is 597. The van der Waals surface area contributed by atoms with Crippen LogP contribution in [0.15, 0.2) is 11.6 Å². The van der Waals surface area contributed by atoms with E-state index >= 15 is 0 Å². The Morgan fingerprint density at radius 1 is 1.16 bits per heavy atom. The molecule has 0 unspecified atom stereocenters. The maximum Gasteiger partial charge on any atom is 0.155 e. The van der Waals surface area contributed by atoms with Gasteiger partial charge in [0.2, 0.25) is 0 Å². The predicted octanol–water partition coefficient (Wildman–Crippen LogP) is 3.45. The fourth-order valence-electron chi connectivity index (χ4n) is 6.53. The molecule has 0 bridgehead atoms. The summed E-state index contributed by atoms with van der Waals surface area (Å²) in [5.41, 5.74) is 0.275. The molecular weight excluding hydrogens is 340 g/mol. The molecule has 3 saturated carbocycles. The summed E-state index contributed by atoms with van der Waals surface area (Å²) in [5, 5.41) is 19.1. The third kappa shape index (κ3) is 3.16. The van der Waals surface area contributed by atoms with Crippen molar-refractivity contribution >= 4 is 22.8 Å². The van der Waals surface area contributed by atoms with E-state index in [9.17, 15) is 9.90 Å². The van der Waals surface area contributed by atoms with Gasteiger partial charge in [-0.05, 0) is 79.6 Å². The van der Waals surface area contributed by atoms with Gasteiger partial charge < -0.3 is 15.0 Å². The molecule has 5 heteroatoms. The zero-order chi connectivity index (χ0) is 18.4. The predicted molar refractivity (Wildman–Crippen MR) is 94.0 cm³/mol. The maximum atomic E-state index is 11.8. The number of carboxylic acid groups (broad SMARTS) is 1. The molecule has 140 valence electrons. The van der Waals surface area contributed by atoms with Crippen molar-refractivity contribution in [2.75, 3.05) is 0 Å². The van der Waals surface area contributed by atoms with Crippen molar-refractivity contribution in [3.05, 3.63) is 11.6 Å². The van der Waals surface area contributed by atoms with Crippen molar-refractivity contribution in [3.8, 4) is 0 Å². The second kappa shape index (κ2) is 6.70. The molecule has 0 saturated heterocycles. The van der Waals surface area contributed by atoms with E-state index in [4.69, 9.17) is 9.90 Å². The van der Waals surface area contributed by atoms with E-state index in [1.54, 1.807) is 0 Å². The summed E-state index contributed by atoms with van der Waals surface area (Å²) >= 11 is 4.08.